The van der Waals surface area contributed by atoms with Crippen LogP contribution in [0, 0.1) is 5.82 Å². The molecule has 0 bridgehead atoms. The van der Waals surface area contributed by atoms with Gasteiger partial charge in [0.05, 0.1) is 11.0 Å². The third kappa shape index (κ3) is 3.57. The summed E-state index contributed by atoms with van der Waals surface area (Å²) in [4.78, 5) is 4.76. The molecule has 26 heavy (non-hydrogen) atoms. The van der Waals surface area contributed by atoms with E-state index in [0.717, 1.165) is 35.4 Å². The molecule has 4 rings (SSSR count). The highest BCUT2D eigenvalue weighted by molar-refractivity contribution is 5.79. The maximum atomic E-state index is 13.1. The highest BCUT2D eigenvalue weighted by Crippen LogP contribution is 2.19. The van der Waals surface area contributed by atoms with Gasteiger partial charge >= 0.3 is 0 Å². The van der Waals surface area contributed by atoms with Crippen LogP contribution < -0.4 is 0 Å². The number of para-hydroxylation sites is 2. The van der Waals surface area contributed by atoms with E-state index >= 15 is 0 Å². The van der Waals surface area contributed by atoms with E-state index < -0.39 is 0 Å². The molecule has 2 nitrogen and oxygen atoms in total. The Balaban J connectivity index is 1.66. The summed E-state index contributed by atoms with van der Waals surface area (Å²) >= 11 is 0. The fourth-order valence-corrected chi connectivity index (χ4v) is 3.09. The summed E-state index contributed by atoms with van der Waals surface area (Å²) in [7, 11) is 0. The number of nitrogens with zero attached hydrogens (tertiary/aromatic N) is 2. The summed E-state index contributed by atoms with van der Waals surface area (Å²) in [6.45, 7) is 0.855. The fraction of sp³-hybridized carbons (Fsp3) is 0.0870. The van der Waals surface area contributed by atoms with Gasteiger partial charge in [-0.05, 0) is 47.9 Å². The minimum atomic E-state index is -0.225. The lowest BCUT2D eigenvalue weighted by Crippen LogP contribution is -2.03. The lowest BCUT2D eigenvalue weighted by atomic mass is 10.1. The Kier molecular flexibility index (Phi) is 4.61. The molecule has 0 saturated heterocycles. The van der Waals surface area contributed by atoms with Crippen LogP contribution >= 0.6 is 0 Å². The number of aryl methyl sites for hydroxylation is 2. The molecule has 3 aromatic carbocycles. The van der Waals surface area contributed by atoms with E-state index in [9.17, 15) is 4.39 Å². The zero-order chi connectivity index (χ0) is 17.8. The minimum absolute atomic E-state index is 0.225. The van der Waals surface area contributed by atoms with Crippen molar-refractivity contribution < 1.29 is 4.39 Å². The van der Waals surface area contributed by atoms with Crippen LogP contribution in [0.3, 0.4) is 0 Å². The normalized spacial score (nSPS) is 11.4. The van der Waals surface area contributed by atoms with E-state index in [2.05, 4.69) is 34.9 Å². The standard InChI is InChI=1S/C23H19FN2/c24-20-13-10-19(11-14-20)12-15-23-25-21-8-4-5-9-22(21)26(23)17-16-18-6-2-1-3-7-18/h1-15H,16-17H2/b15-12+. The fourth-order valence-electron chi connectivity index (χ4n) is 3.09. The Morgan fingerprint density at radius 2 is 1.54 bits per heavy atom. The van der Waals surface area contributed by atoms with E-state index in [1.54, 1.807) is 12.1 Å². The molecule has 1 heterocycles. The Morgan fingerprint density at radius 1 is 0.808 bits per heavy atom. The molecule has 0 spiro atoms. The van der Waals surface area contributed by atoms with E-state index in [4.69, 9.17) is 4.98 Å². The zero-order valence-electron chi connectivity index (χ0n) is 14.3. The van der Waals surface area contributed by atoms with Gasteiger partial charge in [-0.25, -0.2) is 9.37 Å². The molecule has 0 amide bonds. The van der Waals surface area contributed by atoms with Gasteiger partial charge in [-0.2, -0.15) is 0 Å². The number of hydrogen-bond acceptors (Lipinski definition) is 1. The van der Waals surface area contributed by atoms with Crippen LogP contribution in [0.15, 0.2) is 78.9 Å². The number of rotatable bonds is 5. The molecule has 0 atom stereocenters. The topological polar surface area (TPSA) is 17.8 Å². The van der Waals surface area contributed by atoms with Crippen LogP contribution in [0.5, 0.6) is 0 Å². The summed E-state index contributed by atoms with van der Waals surface area (Å²) in [5.74, 6) is 0.684. The number of aromatic nitrogens is 2. The van der Waals surface area contributed by atoms with Gasteiger partial charge in [0.1, 0.15) is 11.6 Å². The molecule has 3 heteroatoms. The summed E-state index contributed by atoms with van der Waals surface area (Å²) < 4.78 is 15.3. The van der Waals surface area contributed by atoms with E-state index in [-0.39, 0.29) is 5.82 Å². The number of imidazole rings is 1. The highest BCUT2D eigenvalue weighted by atomic mass is 19.1. The second-order valence-electron chi connectivity index (χ2n) is 6.23. The Labute approximate surface area is 152 Å². The van der Waals surface area contributed by atoms with Gasteiger partial charge in [0.15, 0.2) is 0 Å². The van der Waals surface area contributed by atoms with Crippen molar-refractivity contribution in [3.8, 4) is 0 Å². The average molecular weight is 342 g/mol. The molecule has 0 unspecified atom stereocenters. The Bertz CT molecular complexity index is 1030. The average Bonchev–Trinajstić information content (AvgIpc) is 3.04. The lowest BCUT2D eigenvalue weighted by molar-refractivity contribution is 0.628. The number of benzene rings is 3. The second-order valence-corrected chi connectivity index (χ2v) is 6.23. The van der Waals surface area contributed by atoms with Crippen LogP contribution in [0.1, 0.15) is 17.0 Å². The molecular formula is C23H19FN2. The number of fused-ring (bicyclic) bond motifs is 1. The first kappa shape index (κ1) is 16.3. The maximum Gasteiger partial charge on any atom is 0.133 e. The minimum Gasteiger partial charge on any atom is -0.324 e. The van der Waals surface area contributed by atoms with Crippen molar-refractivity contribution in [1.82, 2.24) is 9.55 Å². The van der Waals surface area contributed by atoms with Gasteiger partial charge in [0.25, 0.3) is 0 Å². The predicted molar refractivity (Wildman–Crippen MR) is 105 cm³/mol. The second kappa shape index (κ2) is 7.36. The van der Waals surface area contributed by atoms with Crippen molar-refractivity contribution in [2.75, 3.05) is 0 Å². The first-order chi connectivity index (χ1) is 12.8. The van der Waals surface area contributed by atoms with Crippen molar-refractivity contribution in [3.05, 3.63) is 102 Å². The number of hydrogen-bond donors (Lipinski definition) is 0. The molecule has 0 radical (unpaired) electrons. The van der Waals surface area contributed by atoms with Crippen molar-refractivity contribution in [3.63, 3.8) is 0 Å². The molecule has 1 aromatic heterocycles. The van der Waals surface area contributed by atoms with Gasteiger partial charge in [0, 0.05) is 6.54 Å². The highest BCUT2D eigenvalue weighted by Gasteiger charge is 2.08. The van der Waals surface area contributed by atoms with Crippen LogP contribution in [-0.2, 0) is 13.0 Å². The largest absolute Gasteiger partial charge is 0.324 e. The van der Waals surface area contributed by atoms with Crippen molar-refractivity contribution in [1.29, 1.82) is 0 Å². The summed E-state index contributed by atoms with van der Waals surface area (Å²) in [5.41, 5.74) is 4.37. The van der Waals surface area contributed by atoms with Crippen LogP contribution in [0.25, 0.3) is 23.2 Å². The zero-order valence-corrected chi connectivity index (χ0v) is 14.3. The van der Waals surface area contributed by atoms with Crippen molar-refractivity contribution >= 4 is 23.2 Å². The van der Waals surface area contributed by atoms with E-state index in [1.807, 2.05) is 36.4 Å². The monoisotopic (exact) mass is 342 g/mol. The Morgan fingerprint density at radius 3 is 2.35 bits per heavy atom. The van der Waals surface area contributed by atoms with Gasteiger partial charge in [-0.1, -0.05) is 60.7 Å². The molecule has 0 aliphatic rings. The first-order valence-electron chi connectivity index (χ1n) is 8.72. The predicted octanol–water partition coefficient (Wildman–Crippen LogP) is 5.59. The van der Waals surface area contributed by atoms with Crippen molar-refractivity contribution in [2.24, 2.45) is 0 Å². The van der Waals surface area contributed by atoms with Gasteiger partial charge in [0.2, 0.25) is 0 Å². The summed E-state index contributed by atoms with van der Waals surface area (Å²) in [6.07, 6.45) is 4.91. The van der Waals surface area contributed by atoms with Gasteiger partial charge in [-0.15, -0.1) is 0 Å². The lowest BCUT2D eigenvalue weighted by Gasteiger charge is -2.07. The Hall–Kier alpha value is -3.20. The smallest absolute Gasteiger partial charge is 0.133 e. The quantitative estimate of drug-likeness (QED) is 0.462. The summed E-state index contributed by atoms with van der Waals surface area (Å²) in [6, 6.07) is 25.1. The molecule has 0 N–H and O–H groups in total. The van der Waals surface area contributed by atoms with Gasteiger partial charge in [-0.3, -0.25) is 0 Å². The molecule has 0 aliphatic heterocycles. The summed E-state index contributed by atoms with van der Waals surface area (Å²) in [5, 5.41) is 0. The molecule has 0 aliphatic carbocycles. The molecule has 128 valence electrons. The number of halogens is 1. The first-order valence-corrected chi connectivity index (χ1v) is 8.72. The molecule has 0 saturated carbocycles. The van der Waals surface area contributed by atoms with Crippen LogP contribution in [0.2, 0.25) is 0 Å². The molecule has 4 aromatic rings. The molecule has 0 fully saturated rings. The molecular weight excluding hydrogens is 323 g/mol. The maximum absolute atomic E-state index is 13.1. The third-order valence-electron chi connectivity index (χ3n) is 4.45. The van der Waals surface area contributed by atoms with Crippen molar-refractivity contribution in [2.45, 2.75) is 13.0 Å². The van der Waals surface area contributed by atoms with E-state index in [0.29, 0.717) is 0 Å². The van der Waals surface area contributed by atoms with E-state index in [1.165, 1.54) is 17.7 Å². The van der Waals surface area contributed by atoms with Gasteiger partial charge < -0.3 is 4.57 Å². The SMILES string of the molecule is Fc1ccc(/C=C/c2nc3ccccc3n2CCc2ccccc2)cc1. The van der Waals surface area contributed by atoms with Crippen LogP contribution in [-0.4, -0.2) is 9.55 Å². The third-order valence-corrected chi connectivity index (χ3v) is 4.45. The van der Waals surface area contributed by atoms with Crippen LogP contribution in [0.4, 0.5) is 4.39 Å².